The molecule has 3 heteroatoms. The highest BCUT2D eigenvalue weighted by Gasteiger charge is 2.09. The minimum absolute atomic E-state index is 0.149. The van der Waals surface area contributed by atoms with Gasteiger partial charge in [-0.25, -0.2) is 4.39 Å². The average Bonchev–Trinajstić information content (AvgIpc) is 2.49. The molecule has 2 aromatic rings. The molecule has 0 aliphatic rings. The van der Waals surface area contributed by atoms with E-state index in [-0.39, 0.29) is 11.9 Å². The summed E-state index contributed by atoms with van der Waals surface area (Å²) in [6.07, 6.45) is 0.911. The van der Waals surface area contributed by atoms with Gasteiger partial charge in [0.15, 0.2) is 0 Å². The van der Waals surface area contributed by atoms with E-state index in [9.17, 15) is 4.39 Å². The molecule has 1 unspecified atom stereocenters. The van der Waals surface area contributed by atoms with Crippen molar-refractivity contribution in [2.24, 2.45) is 0 Å². The van der Waals surface area contributed by atoms with E-state index in [2.05, 4.69) is 18.3 Å². The maximum absolute atomic E-state index is 13.3. The Hall–Kier alpha value is -1.87. The topological polar surface area (TPSA) is 21.3 Å². The number of ether oxygens (including phenoxy) is 1. The van der Waals surface area contributed by atoms with Gasteiger partial charge in [0, 0.05) is 12.6 Å². The molecule has 112 valence electrons. The lowest BCUT2D eigenvalue weighted by atomic mass is 10.0. The van der Waals surface area contributed by atoms with Crippen molar-refractivity contribution in [1.29, 1.82) is 0 Å². The van der Waals surface area contributed by atoms with Crippen LogP contribution in [0.25, 0.3) is 0 Å². The Balaban J connectivity index is 2.01. The minimum atomic E-state index is -0.189. The maximum atomic E-state index is 13.3. The molecule has 0 radical (unpaired) electrons. The van der Waals surface area contributed by atoms with Gasteiger partial charge in [0.05, 0.1) is 6.61 Å². The van der Waals surface area contributed by atoms with Gasteiger partial charge in [-0.15, -0.1) is 0 Å². The third-order valence-electron chi connectivity index (χ3n) is 3.42. The van der Waals surface area contributed by atoms with Crippen LogP contribution in [0.3, 0.4) is 0 Å². The van der Waals surface area contributed by atoms with Gasteiger partial charge in [0.1, 0.15) is 11.6 Å². The van der Waals surface area contributed by atoms with Crippen LogP contribution in [0.1, 0.15) is 37.4 Å². The number of hydrogen-bond donors (Lipinski definition) is 1. The van der Waals surface area contributed by atoms with Crippen molar-refractivity contribution in [1.82, 2.24) is 5.32 Å². The fraction of sp³-hybridized carbons (Fsp3) is 0.333. The van der Waals surface area contributed by atoms with E-state index in [0.29, 0.717) is 6.61 Å². The molecule has 0 saturated heterocycles. The quantitative estimate of drug-likeness (QED) is 0.811. The van der Waals surface area contributed by atoms with Gasteiger partial charge in [-0.05, 0) is 48.7 Å². The van der Waals surface area contributed by atoms with E-state index in [1.54, 1.807) is 12.1 Å². The van der Waals surface area contributed by atoms with Gasteiger partial charge in [0.2, 0.25) is 0 Å². The first-order valence-corrected chi connectivity index (χ1v) is 7.43. The van der Waals surface area contributed by atoms with Gasteiger partial charge >= 0.3 is 0 Å². The summed E-state index contributed by atoms with van der Waals surface area (Å²) < 4.78 is 18.8. The normalized spacial score (nSPS) is 12.1. The monoisotopic (exact) mass is 287 g/mol. The number of rotatable bonds is 7. The van der Waals surface area contributed by atoms with Gasteiger partial charge < -0.3 is 10.1 Å². The SMILES string of the molecule is CCOc1cccc(CNC(CC)c2cccc(F)c2)c1. The Morgan fingerprint density at radius 3 is 2.62 bits per heavy atom. The molecule has 1 N–H and O–H groups in total. The van der Waals surface area contributed by atoms with Crippen LogP contribution < -0.4 is 10.1 Å². The number of nitrogens with one attached hydrogen (secondary N) is 1. The molecule has 21 heavy (non-hydrogen) atoms. The van der Waals surface area contributed by atoms with Crippen molar-refractivity contribution in [3.63, 3.8) is 0 Å². The summed E-state index contributed by atoms with van der Waals surface area (Å²) >= 11 is 0. The zero-order valence-corrected chi connectivity index (χ0v) is 12.6. The van der Waals surface area contributed by atoms with Crippen LogP contribution in [0.15, 0.2) is 48.5 Å². The Labute approximate surface area is 126 Å². The van der Waals surface area contributed by atoms with Crippen molar-refractivity contribution in [3.05, 3.63) is 65.5 Å². The summed E-state index contributed by atoms with van der Waals surface area (Å²) in [5.74, 6) is 0.696. The lowest BCUT2D eigenvalue weighted by molar-refractivity contribution is 0.339. The number of hydrogen-bond acceptors (Lipinski definition) is 2. The molecule has 2 nitrogen and oxygen atoms in total. The summed E-state index contributed by atoms with van der Waals surface area (Å²) in [6.45, 7) is 5.47. The van der Waals surface area contributed by atoms with Crippen molar-refractivity contribution in [2.45, 2.75) is 32.9 Å². The molecule has 2 rings (SSSR count). The molecule has 0 aliphatic heterocycles. The van der Waals surface area contributed by atoms with Crippen LogP contribution in [-0.4, -0.2) is 6.61 Å². The van der Waals surface area contributed by atoms with Crippen LogP contribution in [-0.2, 0) is 6.54 Å². The zero-order valence-electron chi connectivity index (χ0n) is 12.6. The third kappa shape index (κ3) is 4.57. The fourth-order valence-corrected chi connectivity index (χ4v) is 2.37. The molecule has 2 aromatic carbocycles. The largest absolute Gasteiger partial charge is 0.494 e. The zero-order chi connectivity index (χ0) is 15.1. The van der Waals surface area contributed by atoms with E-state index in [4.69, 9.17) is 4.74 Å². The third-order valence-corrected chi connectivity index (χ3v) is 3.42. The fourth-order valence-electron chi connectivity index (χ4n) is 2.37. The summed E-state index contributed by atoms with van der Waals surface area (Å²) in [5.41, 5.74) is 2.15. The second-order valence-electron chi connectivity index (χ2n) is 4.98. The Kier molecular flexibility index (Phi) is 5.76. The molecule has 0 heterocycles. The van der Waals surface area contributed by atoms with Gasteiger partial charge in [-0.1, -0.05) is 31.2 Å². The smallest absolute Gasteiger partial charge is 0.123 e. The minimum Gasteiger partial charge on any atom is -0.494 e. The predicted octanol–water partition coefficient (Wildman–Crippen LogP) is 4.47. The van der Waals surface area contributed by atoms with Crippen LogP contribution in [0, 0.1) is 5.82 Å². The lowest BCUT2D eigenvalue weighted by Gasteiger charge is -2.18. The highest BCUT2D eigenvalue weighted by molar-refractivity contribution is 5.28. The molecular formula is C18H22FNO. The van der Waals surface area contributed by atoms with Crippen molar-refractivity contribution in [2.75, 3.05) is 6.61 Å². The second-order valence-corrected chi connectivity index (χ2v) is 4.98. The van der Waals surface area contributed by atoms with E-state index in [1.807, 2.05) is 31.2 Å². The average molecular weight is 287 g/mol. The van der Waals surface area contributed by atoms with Gasteiger partial charge in [-0.3, -0.25) is 0 Å². The summed E-state index contributed by atoms with van der Waals surface area (Å²) in [7, 11) is 0. The van der Waals surface area contributed by atoms with Crippen LogP contribution in [0.2, 0.25) is 0 Å². The molecule has 0 fully saturated rings. The first-order chi connectivity index (χ1) is 10.2. The molecule has 0 spiro atoms. The first kappa shape index (κ1) is 15.5. The van der Waals surface area contributed by atoms with Crippen LogP contribution in [0.4, 0.5) is 4.39 Å². The lowest BCUT2D eigenvalue weighted by Crippen LogP contribution is -2.20. The summed E-state index contributed by atoms with van der Waals surface area (Å²) in [4.78, 5) is 0. The standard InChI is InChI=1S/C18H22FNO/c1-3-18(15-8-6-9-16(19)12-15)20-13-14-7-5-10-17(11-14)21-4-2/h5-12,18,20H,3-4,13H2,1-2H3. The molecular weight excluding hydrogens is 265 g/mol. The Morgan fingerprint density at radius 2 is 1.90 bits per heavy atom. The molecule has 0 bridgehead atoms. The highest BCUT2D eigenvalue weighted by Crippen LogP contribution is 2.19. The molecule has 0 saturated carbocycles. The van der Waals surface area contributed by atoms with E-state index in [0.717, 1.165) is 29.8 Å². The van der Waals surface area contributed by atoms with Crippen LogP contribution in [0.5, 0.6) is 5.75 Å². The van der Waals surface area contributed by atoms with Crippen molar-refractivity contribution >= 4 is 0 Å². The number of benzene rings is 2. The van der Waals surface area contributed by atoms with E-state index in [1.165, 1.54) is 6.07 Å². The number of halogens is 1. The van der Waals surface area contributed by atoms with Gasteiger partial charge in [0.25, 0.3) is 0 Å². The van der Waals surface area contributed by atoms with Crippen LogP contribution >= 0.6 is 0 Å². The summed E-state index contributed by atoms with van der Waals surface area (Å²) in [5, 5.41) is 3.48. The first-order valence-electron chi connectivity index (χ1n) is 7.43. The molecule has 0 aliphatic carbocycles. The molecule has 1 atom stereocenters. The van der Waals surface area contributed by atoms with Crippen molar-refractivity contribution < 1.29 is 9.13 Å². The van der Waals surface area contributed by atoms with E-state index >= 15 is 0 Å². The van der Waals surface area contributed by atoms with Crippen molar-refractivity contribution in [3.8, 4) is 5.75 Å². The maximum Gasteiger partial charge on any atom is 0.123 e. The Morgan fingerprint density at radius 1 is 1.10 bits per heavy atom. The second kappa shape index (κ2) is 7.79. The van der Waals surface area contributed by atoms with E-state index < -0.39 is 0 Å². The highest BCUT2D eigenvalue weighted by atomic mass is 19.1. The van der Waals surface area contributed by atoms with Gasteiger partial charge in [-0.2, -0.15) is 0 Å². The predicted molar refractivity (Wildman–Crippen MR) is 83.9 cm³/mol. The Bertz CT molecular complexity index is 571. The molecule has 0 aromatic heterocycles. The molecule has 0 amide bonds. The summed E-state index contributed by atoms with van der Waals surface area (Å²) in [6, 6.07) is 15.0.